The lowest BCUT2D eigenvalue weighted by Gasteiger charge is -2.22. The van der Waals surface area contributed by atoms with Crippen molar-refractivity contribution in [1.29, 1.82) is 0 Å². The molecule has 0 N–H and O–H groups in total. The molecule has 17 heavy (non-hydrogen) atoms. The summed E-state index contributed by atoms with van der Waals surface area (Å²) in [6, 6.07) is 3.44. The van der Waals surface area contributed by atoms with Gasteiger partial charge in [-0.2, -0.15) is 0 Å². The van der Waals surface area contributed by atoms with Crippen molar-refractivity contribution in [1.82, 2.24) is 19.3 Å². The highest BCUT2D eigenvalue weighted by Crippen LogP contribution is 2.22. The average Bonchev–Trinajstić information content (AvgIpc) is 2.70. The molecule has 90 valence electrons. The zero-order chi connectivity index (χ0) is 12.6. The van der Waals surface area contributed by atoms with Crippen molar-refractivity contribution < 1.29 is 0 Å². The Bertz CT molecular complexity index is 589. The summed E-state index contributed by atoms with van der Waals surface area (Å²) in [6.45, 7) is 6.21. The lowest BCUT2D eigenvalue weighted by Crippen LogP contribution is -2.22. The van der Waals surface area contributed by atoms with Crippen LogP contribution in [0.15, 0.2) is 29.5 Å². The largest absolute Gasteiger partial charge is 0.319 e. The first-order valence-electron chi connectivity index (χ1n) is 5.47. The molecule has 0 saturated carbocycles. The highest BCUT2D eigenvalue weighted by Gasteiger charge is 2.18. The van der Waals surface area contributed by atoms with Crippen molar-refractivity contribution in [2.45, 2.75) is 26.3 Å². The van der Waals surface area contributed by atoms with Crippen molar-refractivity contribution in [3.63, 3.8) is 0 Å². The van der Waals surface area contributed by atoms with Crippen LogP contribution in [0.3, 0.4) is 0 Å². The Balaban J connectivity index is 2.58. The van der Waals surface area contributed by atoms with E-state index in [0.717, 1.165) is 11.4 Å². The minimum absolute atomic E-state index is 0.0500. The zero-order valence-corrected chi connectivity index (χ0v) is 10.5. The Morgan fingerprint density at radius 2 is 2.00 bits per heavy atom. The van der Waals surface area contributed by atoms with Gasteiger partial charge in [0, 0.05) is 30.4 Å². The first-order chi connectivity index (χ1) is 7.89. The molecule has 0 unspecified atom stereocenters. The number of nitrogens with zero attached hydrogens (tertiary/aromatic N) is 4. The van der Waals surface area contributed by atoms with Crippen LogP contribution in [-0.2, 0) is 12.6 Å². The lowest BCUT2D eigenvalue weighted by atomic mass is 10.1. The second-order valence-electron chi connectivity index (χ2n) is 5.06. The average molecular weight is 232 g/mol. The van der Waals surface area contributed by atoms with E-state index >= 15 is 0 Å². The molecule has 0 aliphatic heterocycles. The van der Waals surface area contributed by atoms with Crippen LogP contribution in [0.2, 0.25) is 0 Å². The van der Waals surface area contributed by atoms with Gasteiger partial charge in [-0.15, -0.1) is 10.2 Å². The molecule has 2 rings (SSSR count). The Morgan fingerprint density at radius 1 is 1.29 bits per heavy atom. The van der Waals surface area contributed by atoms with E-state index in [4.69, 9.17) is 0 Å². The number of pyridine rings is 1. The van der Waals surface area contributed by atoms with Crippen LogP contribution in [0.25, 0.3) is 11.4 Å². The molecule has 0 atom stereocenters. The second-order valence-corrected chi connectivity index (χ2v) is 5.06. The fourth-order valence-corrected chi connectivity index (χ4v) is 1.61. The predicted molar refractivity (Wildman–Crippen MR) is 65.7 cm³/mol. The fraction of sp³-hybridized carbons (Fsp3) is 0.417. The summed E-state index contributed by atoms with van der Waals surface area (Å²) >= 11 is 0. The lowest BCUT2D eigenvalue weighted by molar-refractivity contribution is 0.399. The van der Waals surface area contributed by atoms with E-state index in [1.165, 1.54) is 4.57 Å². The molecular formula is C12H16N4O. The van der Waals surface area contributed by atoms with E-state index in [2.05, 4.69) is 31.0 Å². The molecule has 0 radical (unpaired) electrons. The molecule has 0 aliphatic rings. The quantitative estimate of drug-likeness (QED) is 0.746. The third-order valence-corrected chi connectivity index (χ3v) is 2.63. The normalized spacial score (nSPS) is 11.8. The molecule has 0 aromatic carbocycles. The number of rotatable bonds is 1. The Hall–Kier alpha value is -1.91. The number of hydrogen-bond donors (Lipinski definition) is 0. The number of hydrogen-bond acceptors (Lipinski definition) is 3. The molecule has 0 bridgehead atoms. The van der Waals surface area contributed by atoms with Gasteiger partial charge < -0.3 is 9.13 Å². The predicted octanol–water partition coefficient (Wildman–Crippen LogP) is 1.40. The third-order valence-electron chi connectivity index (χ3n) is 2.63. The topological polar surface area (TPSA) is 52.7 Å². The first kappa shape index (κ1) is 11.6. The Morgan fingerprint density at radius 3 is 2.59 bits per heavy atom. The minimum Gasteiger partial charge on any atom is -0.319 e. The third kappa shape index (κ3) is 2.13. The van der Waals surface area contributed by atoms with E-state index in [1.807, 2.05) is 10.6 Å². The number of aromatic nitrogens is 4. The maximum absolute atomic E-state index is 11.6. The van der Waals surface area contributed by atoms with Gasteiger partial charge in [0.05, 0.1) is 0 Å². The smallest absolute Gasteiger partial charge is 0.250 e. The fourth-order valence-electron chi connectivity index (χ4n) is 1.61. The van der Waals surface area contributed by atoms with Crippen LogP contribution in [0.4, 0.5) is 0 Å². The van der Waals surface area contributed by atoms with E-state index in [1.54, 1.807) is 25.6 Å². The van der Waals surface area contributed by atoms with Gasteiger partial charge in [0.2, 0.25) is 0 Å². The van der Waals surface area contributed by atoms with Crippen molar-refractivity contribution in [3.8, 4) is 11.4 Å². The van der Waals surface area contributed by atoms with Crippen LogP contribution < -0.4 is 5.56 Å². The summed E-state index contributed by atoms with van der Waals surface area (Å²) in [5, 5.41) is 8.01. The maximum atomic E-state index is 11.6. The Labute approximate surface area is 99.7 Å². The van der Waals surface area contributed by atoms with Crippen LogP contribution in [0, 0.1) is 0 Å². The van der Waals surface area contributed by atoms with Gasteiger partial charge in [-0.3, -0.25) is 4.79 Å². The first-order valence-corrected chi connectivity index (χ1v) is 5.47. The summed E-state index contributed by atoms with van der Waals surface area (Å²) < 4.78 is 3.49. The summed E-state index contributed by atoms with van der Waals surface area (Å²) in [5.74, 6) is 0.718. The molecule has 5 heteroatoms. The summed E-state index contributed by atoms with van der Waals surface area (Å²) in [4.78, 5) is 11.6. The van der Waals surface area contributed by atoms with Gasteiger partial charge in [-0.05, 0) is 26.8 Å². The molecule has 2 aromatic rings. The summed E-state index contributed by atoms with van der Waals surface area (Å²) in [7, 11) is 1.72. The molecule has 0 spiro atoms. The van der Waals surface area contributed by atoms with Crippen LogP contribution in [-0.4, -0.2) is 19.3 Å². The molecule has 0 aliphatic carbocycles. The van der Waals surface area contributed by atoms with Gasteiger partial charge in [0.1, 0.15) is 6.33 Å². The zero-order valence-electron chi connectivity index (χ0n) is 10.5. The Kier molecular flexibility index (Phi) is 2.61. The molecule has 0 amide bonds. The van der Waals surface area contributed by atoms with Crippen LogP contribution in [0.5, 0.6) is 0 Å². The maximum Gasteiger partial charge on any atom is 0.250 e. The van der Waals surface area contributed by atoms with E-state index in [-0.39, 0.29) is 11.1 Å². The van der Waals surface area contributed by atoms with Crippen molar-refractivity contribution in [3.05, 3.63) is 35.0 Å². The summed E-state index contributed by atoms with van der Waals surface area (Å²) in [5.41, 5.74) is 0.631. The van der Waals surface area contributed by atoms with Crippen LogP contribution in [0.1, 0.15) is 20.8 Å². The van der Waals surface area contributed by atoms with E-state index in [0.29, 0.717) is 0 Å². The van der Waals surface area contributed by atoms with Gasteiger partial charge in [-0.25, -0.2) is 0 Å². The molecule has 2 heterocycles. The van der Waals surface area contributed by atoms with E-state index in [9.17, 15) is 4.79 Å². The molecule has 5 nitrogen and oxygen atoms in total. The SMILES string of the molecule is Cn1ccc(-c2nncn2C(C)(C)C)cc1=O. The highest BCUT2D eigenvalue weighted by atomic mass is 16.1. The van der Waals surface area contributed by atoms with E-state index < -0.39 is 0 Å². The standard InChI is InChI=1S/C12H16N4O/c1-12(2,3)16-8-13-14-11(16)9-5-6-15(4)10(17)7-9/h5-8H,1-4H3. The van der Waals surface area contributed by atoms with Gasteiger partial charge in [0.15, 0.2) is 5.82 Å². The second kappa shape index (κ2) is 3.84. The molecule has 2 aromatic heterocycles. The van der Waals surface area contributed by atoms with Gasteiger partial charge in [-0.1, -0.05) is 0 Å². The van der Waals surface area contributed by atoms with Crippen LogP contribution >= 0.6 is 0 Å². The van der Waals surface area contributed by atoms with Crippen molar-refractivity contribution in [2.24, 2.45) is 7.05 Å². The van der Waals surface area contributed by atoms with Gasteiger partial charge in [0.25, 0.3) is 5.56 Å². The molecule has 0 saturated heterocycles. The summed E-state index contributed by atoms with van der Waals surface area (Å²) in [6.07, 6.45) is 3.42. The van der Waals surface area contributed by atoms with Crippen molar-refractivity contribution >= 4 is 0 Å². The molecular weight excluding hydrogens is 216 g/mol. The molecule has 0 fully saturated rings. The number of aryl methyl sites for hydroxylation is 1. The minimum atomic E-state index is -0.111. The highest BCUT2D eigenvalue weighted by molar-refractivity contribution is 5.54. The van der Waals surface area contributed by atoms with Gasteiger partial charge >= 0.3 is 0 Å². The van der Waals surface area contributed by atoms with Crippen molar-refractivity contribution in [2.75, 3.05) is 0 Å². The monoisotopic (exact) mass is 232 g/mol.